The maximum Gasteiger partial charge on any atom is 0.122 e. The highest BCUT2D eigenvalue weighted by molar-refractivity contribution is 5.27. The average molecular weight is 314 g/mol. The van der Waals surface area contributed by atoms with E-state index in [1.165, 1.54) is 11.4 Å². The van der Waals surface area contributed by atoms with Crippen molar-refractivity contribution in [3.63, 3.8) is 0 Å². The van der Waals surface area contributed by atoms with Gasteiger partial charge in [-0.15, -0.1) is 0 Å². The lowest BCUT2D eigenvalue weighted by molar-refractivity contribution is 0.194. The summed E-state index contributed by atoms with van der Waals surface area (Å²) >= 11 is 0. The van der Waals surface area contributed by atoms with E-state index in [-0.39, 0.29) is 0 Å². The summed E-state index contributed by atoms with van der Waals surface area (Å²) in [6, 6.07) is 8.37. The average Bonchev–Trinajstić information content (AvgIpc) is 2.87. The molecule has 0 amide bonds. The summed E-state index contributed by atoms with van der Waals surface area (Å²) in [5, 5.41) is 0. The Bertz CT molecular complexity index is 620. The van der Waals surface area contributed by atoms with Crippen LogP contribution in [-0.2, 0) is 19.6 Å². The van der Waals surface area contributed by atoms with Gasteiger partial charge in [-0.3, -0.25) is 4.90 Å². The number of methoxy groups -OCH3 is 1. The van der Waals surface area contributed by atoms with Gasteiger partial charge < -0.3 is 14.2 Å². The first-order valence-corrected chi connectivity index (χ1v) is 8.14. The van der Waals surface area contributed by atoms with Gasteiger partial charge in [0.15, 0.2) is 0 Å². The first-order valence-electron chi connectivity index (χ1n) is 8.14. The quantitative estimate of drug-likeness (QED) is 0.846. The first kappa shape index (κ1) is 16.0. The highest BCUT2D eigenvalue weighted by Crippen LogP contribution is 2.19. The van der Waals surface area contributed by atoms with Crippen LogP contribution in [0.3, 0.4) is 0 Å². The van der Waals surface area contributed by atoms with Crippen molar-refractivity contribution in [3.05, 3.63) is 48.0 Å². The van der Waals surface area contributed by atoms with Gasteiger partial charge in [0.1, 0.15) is 11.6 Å². The number of fused-ring (bicyclic) bond motifs is 1. The van der Waals surface area contributed by atoms with Crippen molar-refractivity contribution in [2.45, 2.75) is 19.6 Å². The van der Waals surface area contributed by atoms with Crippen molar-refractivity contribution in [2.75, 3.05) is 34.3 Å². The SMILES string of the molecule is COc1ccc(CN2Cc3nccn3CC(CN(C)C)C2)cc1. The third kappa shape index (κ3) is 4.12. The zero-order valence-electron chi connectivity index (χ0n) is 14.3. The van der Waals surface area contributed by atoms with Crippen LogP contribution in [0, 0.1) is 5.92 Å². The van der Waals surface area contributed by atoms with E-state index < -0.39 is 0 Å². The van der Waals surface area contributed by atoms with Crippen molar-refractivity contribution in [1.29, 1.82) is 0 Å². The van der Waals surface area contributed by atoms with E-state index in [9.17, 15) is 0 Å². The van der Waals surface area contributed by atoms with E-state index in [2.05, 4.69) is 51.8 Å². The fraction of sp³-hybridized carbons (Fsp3) is 0.500. The molecule has 0 saturated carbocycles. The molecule has 1 aliphatic heterocycles. The molecule has 1 unspecified atom stereocenters. The summed E-state index contributed by atoms with van der Waals surface area (Å²) in [5.74, 6) is 2.68. The van der Waals surface area contributed by atoms with Crippen LogP contribution >= 0.6 is 0 Å². The largest absolute Gasteiger partial charge is 0.497 e. The number of rotatable bonds is 5. The minimum atomic E-state index is 0.610. The van der Waals surface area contributed by atoms with E-state index in [1.807, 2.05) is 18.3 Å². The molecule has 1 aromatic heterocycles. The molecular formula is C18H26N4O. The molecule has 0 fully saturated rings. The molecule has 1 aliphatic rings. The zero-order chi connectivity index (χ0) is 16.2. The molecule has 0 bridgehead atoms. The Hall–Kier alpha value is -1.85. The Morgan fingerprint density at radius 1 is 1.22 bits per heavy atom. The van der Waals surface area contributed by atoms with E-state index >= 15 is 0 Å². The first-order chi connectivity index (χ1) is 11.1. The summed E-state index contributed by atoms with van der Waals surface area (Å²) in [4.78, 5) is 9.32. The van der Waals surface area contributed by atoms with Crippen LogP contribution in [0.15, 0.2) is 36.7 Å². The molecule has 0 radical (unpaired) electrons. The second-order valence-electron chi connectivity index (χ2n) is 6.64. The van der Waals surface area contributed by atoms with Crippen LogP contribution in [0.4, 0.5) is 0 Å². The van der Waals surface area contributed by atoms with Crippen LogP contribution in [0.25, 0.3) is 0 Å². The highest BCUT2D eigenvalue weighted by Gasteiger charge is 2.22. The summed E-state index contributed by atoms with van der Waals surface area (Å²) < 4.78 is 7.55. The van der Waals surface area contributed by atoms with Gasteiger partial charge in [0.25, 0.3) is 0 Å². The van der Waals surface area contributed by atoms with Crippen molar-refractivity contribution in [2.24, 2.45) is 5.92 Å². The molecule has 0 spiro atoms. The van der Waals surface area contributed by atoms with Crippen LogP contribution in [0.2, 0.25) is 0 Å². The Kier molecular flexibility index (Phi) is 4.98. The molecule has 1 aromatic carbocycles. The van der Waals surface area contributed by atoms with Crippen LogP contribution in [-0.4, -0.2) is 53.6 Å². The highest BCUT2D eigenvalue weighted by atomic mass is 16.5. The smallest absolute Gasteiger partial charge is 0.122 e. The van der Waals surface area contributed by atoms with Gasteiger partial charge in [-0.1, -0.05) is 12.1 Å². The lowest BCUT2D eigenvalue weighted by Crippen LogP contribution is -2.33. The maximum atomic E-state index is 5.24. The second-order valence-corrected chi connectivity index (χ2v) is 6.64. The fourth-order valence-corrected chi connectivity index (χ4v) is 3.36. The van der Waals surface area contributed by atoms with E-state index in [1.54, 1.807) is 7.11 Å². The normalized spacial score (nSPS) is 18.7. The summed E-state index contributed by atoms with van der Waals surface area (Å²) in [6.07, 6.45) is 4.02. The molecule has 2 aromatic rings. The van der Waals surface area contributed by atoms with Gasteiger partial charge in [0, 0.05) is 44.5 Å². The Balaban J connectivity index is 1.74. The molecule has 2 heterocycles. The van der Waals surface area contributed by atoms with Gasteiger partial charge in [-0.25, -0.2) is 4.98 Å². The van der Waals surface area contributed by atoms with Crippen molar-refractivity contribution in [1.82, 2.24) is 19.4 Å². The molecule has 124 valence electrons. The van der Waals surface area contributed by atoms with Gasteiger partial charge in [0.05, 0.1) is 13.7 Å². The number of ether oxygens (including phenoxy) is 1. The maximum absolute atomic E-state index is 5.24. The lowest BCUT2D eigenvalue weighted by atomic mass is 10.1. The number of aromatic nitrogens is 2. The predicted molar refractivity (Wildman–Crippen MR) is 91.4 cm³/mol. The molecule has 3 rings (SSSR count). The second kappa shape index (κ2) is 7.15. The molecule has 23 heavy (non-hydrogen) atoms. The number of hydrogen-bond donors (Lipinski definition) is 0. The Morgan fingerprint density at radius 2 is 2.00 bits per heavy atom. The Morgan fingerprint density at radius 3 is 2.70 bits per heavy atom. The minimum Gasteiger partial charge on any atom is -0.497 e. The van der Waals surface area contributed by atoms with Gasteiger partial charge >= 0.3 is 0 Å². The number of benzene rings is 1. The molecule has 0 aliphatic carbocycles. The third-order valence-electron chi connectivity index (χ3n) is 4.33. The molecule has 0 saturated heterocycles. The van der Waals surface area contributed by atoms with E-state index in [4.69, 9.17) is 4.74 Å². The van der Waals surface area contributed by atoms with Crippen LogP contribution < -0.4 is 4.74 Å². The lowest BCUT2D eigenvalue weighted by Gasteiger charge is -2.25. The zero-order valence-corrected chi connectivity index (χ0v) is 14.3. The number of hydrogen-bond acceptors (Lipinski definition) is 4. The van der Waals surface area contributed by atoms with Gasteiger partial charge in [0.2, 0.25) is 0 Å². The van der Waals surface area contributed by atoms with E-state index in [0.29, 0.717) is 5.92 Å². The molecule has 0 N–H and O–H groups in total. The fourth-order valence-electron chi connectivity index (χ4n) is 3.36. The summed E-state index contributed by atoms with van der Waals surface area (Å²) in [6.45, 7) is 5.08. The summed E-state index contributed by atoms with van der Waals surface area (Å²) in [5.41, 5.74) is 1.31. The minimum absolute atomic E-state index is 0.610. The Labute approximate surface area is 138 Å². The number of imidazole rings is 1. The van der Waals surface area contributed by atoms with Crippen molar-refractivity contribution in [3.8, 4) is 5.75 Å². The number of nitrogens with zero attached hydrogens (tertiary/aromatic N) is 4. The predicted octanol–water partition coefficient (Wildman–Crippen LogP) is 2.09. The van der Waals surface area contributed by atoms with Gasteiger partial charge in [-0.2, -0.15) is 0 Å². The third-order valence-corrected chi connectivity index (χ3v) is 4.33. The summed E-state index contributed by atoms with van der Waals surface area (Å²) in [7, 11) is 6.00. The standard InChI is InChI=1S/C18H26N4O/c1-20(2)10-16-12-21(14-18-19-8-9-22(18)13-16)11-15-4-6-17(23-3)7-5-15/h4-9,16H,10-14H2,1-3H3. The molecule has 1 atom stereocenters. The van der Waals surface area contributed by atoms with Crippen LogP contribution in [0.5, 0.6) is 5.75 Å². The molecular weight excluding hydrogens is 288 g/mol. The van der Waals surface area contributed by atoms with Gasteiger partial charge in [-0.05, 0) is 31.8 Å². The van der Waals surface area contributed by atoms with Crippen molar-refractivity contribution < 1.29 is 4.74 Å². The topological polar surface area (TPSA) is 33.5 Å². The van der Waals surface area contributed by atoms with Crippen molar-refractivity contribution >= 4 is 0 Å². The van der Waals surface area contributed by atoms with Crippen LogP contribution in [0.1, 0.15) is 11.4 Å². The molecule has 5 heteroatoms. The molecule has 5 nitrogen and oxygen atoms in total. The van der Waals surface area contributed by atoms with E-state index in [0.717, 1.165) is 38.5 Å². The monoisotopic (exact) mass is 314 g/mol.